The summed E-state index contributed by atoms with van der Waals surface area (Å²) in [6.07, 6.45) is 3.83. The number of fused-ring (bicyclic) bond motifs is 1. The Balaban J connectivity index is 1.73. The number of nitrogens with one attached hydrogen (secondary N) is 2. The van der Waals surface area contributed by atoms with E-state index in [0.29, 0.717) is 17.5 Å². The van der Waals surface area contributed by atoms with Crippen molar-refractivity contribution in [3.8, 4) is 11.4 Å². The maximum Gasteiger partial charge on any atom is 0.229 e. The molecule has 0 amide bonds. The second-order valence-electron chi connectivity index (χ2n) is 7.59. The van der Waals surface area contributed by atoms with E-state index >= 15 is 4.39 Å². The molecule has 0 unspecified atom stereocenters. The van der Waals surface area contributed by atoms with Crippen LogP contribution < -0.4 is 15.4 Å². The van der Waals surface area contributed by atoms with E-state index in [4.69, 9.17) is 9.84 Å². The maximum absolute atomic E-state index is 15.7. The highest BCUT2D eigenvalue weighted by molar-refractivity contribution is 5.64. The van der Waals surface area contributed by atoms with Crippen LogP contribution in [0.2, 0.25) is 0 Å². The topological polar surface area (TPSA) is 80.1 Å². The SMILES string of the molecule is CCN1CCCc2nn(-c3c(OC)ccc(Nc4nc(C)cc(NC)n4)c3F)cc2C1. The van der Waals surface area contributed by atoms with Crippen LogP contribution in [0.25, 0.3) is 5.69 Å². The van der Waals surface area contributed by atoms with Gasteiger partial charge in [0.05, 0.1) is 18.5 Å². The van der Waals surface area contributed by atoms with Crippen LogP contribution in [0.15, 0.2) is 24.4 Å². The molecule has 1 aromatic carbocycles. The van der Waals surface area contributed by atoms with Crippen LogP contribution in [0.3, 0.4) is 0 Å². The molecule has 9 heteroatoms. The fourth-order valence-corrected chi connectivity index (χ4v) is 3.86. The number of anilines is 3. The molecule has 2 aromatic heterocycles. The minimum atomic E-state index is -0.472. The summed E-state index contributed by atoms with van der Waals surface area (Å²) in [4.78, 5) is 11.1. The van der Waals surface area contributed by atoms with Crippen molar-refractivity contribution in [1.82, 2.24) is 24.6 Å². The molecule has 0 atom stereocenters. The normalized spacial score (nSPS) is 14.1. The number of hydrogen-bond donors (Lipinski definition) is 2. The fraction of sp³-hybridized carbons (Fsp3) is 0.409. The Kier molecular flexibility index (Phi) is 6.03. The second-order valence-corrected chi connectivity index (χ2v) is 7.59. The van der Waals surface area contributed by atoms with E-state index in [1.165, 1.54) is 7.11 Å². The van der Waals surface area contributed by atoms with Gasteiger partial charge in [-0.25, -0.2) is 14.1 Å². The Morgan fingerprint density at radius 1 is 1.26 bits per heavy atom. The predicted molar refractivity (Wildman–Crippen MR) is 119 cm³/mol. The first-order valence-electron chi connectivity index (χ1n) is 10.5. The van der Waals surface area contributed by atoms with Crippen molar-refractivity contribution in [3.63, 3.8) is 0 Å². The third-order valence-corrected chi connectivity index (χ3v) is 5.49. The van der Waals surface area contributed by atoms with Gasteiger partial charge in [-0.15, -0.1) is 0 Å². The molecule has 31 heavy (non-hydrogen) atoms. The standard InChI is InChI=1S/C22H28FN7O/c1-5-29-10-6-7-16-15(12-29)13-30(28-16)21-18(31-4)9-8-17(20(21)23)26-22-25-14(2)11-19(24-3)27-22/h8-9,11,13H,5-7,10,12H2,1-4H3,(H2,24,25,26,27). The van der Waals surface area contributed by atoms with Crippen LogP contribution >= 0.6 is 0 Å². The molecule has 3 heterocycles. The van der Waals surface area contributed by atoms with Gasteiger partial charge in [-0.3, -0.25) is 4.90 Å². The zero-order valence-electron chi connectivity index (χ0n) is 18.4. The number of aromatic nitrogens is 4. The van der Waals surface area contributed by atoms with Crippen LogP contribution in [0.1, 0.15) is 30.3 Å². The number of hydrogen-bond acceptors (Lipinski definition) is 7. The minimum absolute atomic E-state index is 0.254. The molecule has 0 spiro atoms. The smallest absolute Gasteiger partial charge is 0.229 e. The van der Waals surface area contributed by atoms with Crippen molar-refractivity contribution >= 4 is 17.5 Å². The Morgan fingerprint density at radius 3 is 2.84 bits per heavy atom. The summed E-state index contributed by atoms with van der Waals surface area (Å²) in [5, 5.41) is 10.7. The minimum Gasteiger partial charge on any atom is -0.494 e. The summed E-state index contributed by atoms with van der Waals surface area (Å²) in [5.41, 5.74) is 3.43. The summed E-state index contributed by atoms with van der Waals surface area (Å²) in [6.45, 7) is 6.86. The first kappa shape index (κ1) is 21.0. The van der Waals surface area contributed by atoms with Crippen molar-refractivity contribution in [2.75, 3.05) is 37.9 Å². The molecule has 1 aliphatic heterocycles. The van der Waals surface area contributed by atoms with Crippen LogP contribution in [0.4, 0.5) is 21.8 Å². The number of halogens is 1. The van der Waals surface area contributed by atoms with Gasteiger partial charge >= 0.3 is 0 Å². The molecule has 2 N–H and O–H groups in total. The first-order chi connectivity index (χ1) is 15.0. The highest BCUT2D eigenvalue weighted by Crippen LogP contribution is 2.33. The zero-order valence-corrected chi connectivity index (χ0v) is 18.4. The number of rotatable bonds is 6. The maximum atomic E-state index is 15.7. The predicted octanol–water partition coefficient (Wildman–Crippen LogP) is 3.67. The van der Waals surface area contributed by atoms with Crippen molar-refractivity contribution in [1.29, 1.82) is 0 Å². The third-order valence-electron chi connectivity index (χ3n) is 5.49. The summed E-state index contributed by atoms with van der Waals surface area (Å²) in [7, 11) is 3.31. The monoisotopic (exact) mass is 425 g/mol. The van der Waals surface area contributed by atoms with Crippen LogP contribution in [-0.4, -0.2) is 51.9 Å². The summed E-state index contributed by atoms with van der Waals surface area (Å²) >= 11 is 0. The lowest BCUT2D eigenvalue weighted by Gasteiger charge is -2.17. The van der Waals surface area contributed by atoms with Gasteiger partial charge in [0.1, 0.15) is 17.3 Å². The lowest BCUT2D eigenvalue weighted by Crippen LogP contribution is -2.22. The van der Waals surface area contributed by atoms with E-state index < -0.39 is 5.82 Å². The third kappa shape index (κ3) is 4.32. The van der Waals surface area contributed by atoms with E-state index in [9.17, 15) is 0 Å². The largest absolute Gasteiger partial charge is 0.494 e. The molecule has 164 valence electrons. The fourth-order valence-electron chi connectivity index (χ4n) is 3.86. The number of aryl methyl sites for hydroxylation is 2. The van der Waals surface area contributed by atoms with E-state index in [0.717, 1.165) is 49.4 Å². The summed E-state index contributed by atoms with van der Waals surface area (Å²) in [5.74, 6) is 0.907. The van der Waals surface area contributed by atoms with Gasteiger partial charge in [0.25, 0.3) is 0 Å². The van der Waals surface area contributed by atoms with Crippen LogP contribution in [0, 0.1) is 12.7 Å². The molecular formula is C22H28FN7O. The van der Waals surface area contributed by atoms with E-state index in [1.54, 1.807) is 23.9 Å². The summed E-state index contributed by atoms with van der Waals surface area (Å²) < 4.78 is 22.7. The molecular weight excluding hydrogens is 397 g/mol. The average Bonchev–Trinajstić information content (AvgIpc) is 3.05. The van der Waals surface area contributed by atoms with Gasteiger partial charge in [-0.05, 0) is 45.0 Å². The lowest BCUT2D eigenvalue weighted by atomic mass is 10.2. The summed E-state index contributed by atoms with van der Waals surface area (Å²) in [6, 6.07) is 5.16. The highest BCUT2D eigenvalue weighted by atomic mass is 19.1. The van der Waals surface area contributed by atoms with Crippen molar-refractivity contribution in [2.24, 2.45) is 0 Å². The molecule has 8 nitrogen and oxygen atoms in total. The van der Waals surface area contributed by atoms with Gasteiger partial charge in [-0.2, -0.15) is 10.1 Å². The van der Waals surface area contributed by atoms with Crippen molar-refractivity contribution < 1.29 is 9.13 Å². The molecule has 3 aromatic rings. The first-order valence-corrected chi connectivity index (χ1v) is 10.5. The van der Waals surface area contributed by atoms with Gasteiger partial charge < -0.3 is 15.4 Å². The van der Waals surface area contributed by atoms with Crippen molar-refractivity contribution in [2.45, 2.75) is 33.2 Å². The number of nitrogens with zero attached hydrogens (tertiary/aromatic N) is 5. The molecule has 0 bridgehead atoms. The van der Waals surface area contributed by atoms with E-state index in [1.807, 2.05) is 19.2 Å². The molecule has 0 aliphatic carbocycles. The number of methoxy groups -OCH3 is 1. The van der Waals surface area contributed by atoms with Gasteiger partial charge in [0.2, 0.25) is 5.95 Å². The molecule has 0 saturated heterocycles. The Morgan fingerprint density at radius 2 is 2.10 bits per heavy atom. The Hall–Kier alpha value is -3.20. The zero-order chi connectivity index (χ0) is 22.0. The molecule has 0 saturated carbocycles. The number of benzene rings is 1. The Labute approximate surface area is 181 Å². The van der Waals surface area contributed by atoms with E-state index in [-0.39, 0.29) is 11.4 Å². The van der Waals surface area contributed by atoms with Crippen LogP contribution in [-0.2, 0) is 13.0 Å². The average molecular weight is 426 g/mol. The van der Waals surface area contributed by atoms with Gasteiger partial charge in [0.15, 0.2) is 5.82 Å². The quantitative estimate of drug-likeness (QED) is 0.624. The van der Waals surface area contributed by atoms with Gasteiger partial charge in [0, 0.05) is 37.1 Å². The molecule has 0 radical (unpaired) electrons. The number of ether oxygens (including phenoxy) is 1. The van der Waals surface area contributed by atoms with E-state index in [2.05, 4.69) is 32.4 Å². The van der Waals surface area contributed by atoms with Crippen molar-refractivity contribution in [3.05, 3.63) is 47.2 Å². The lowest BCUT2D eigenvalue weighted by molar-refractivity contribution is 0.284. The molecule has 1 aliphatic rings. The molecule has 0 fully saturated rings. The Bertz CT molecular complexity index is 1080. The van der Waals surface area contributed by atoms with Gasteiger partial charge in [-0.1, -0.05) is 6.92 Å². The molecule has 4 rings (SSSR count). The van der Waals surface area contributed by atoms with Crippen LogP contribution in [0.5, 0.6) is 5.75 Å². The highest BCUT2D eigenvalue weighted by Gasteiger charge is 2.22. The second kappa shape index (κ2) is 8.89.